The normalized spacial score (nSPS) is 18.2. The Hall–Kier alpha value is -5.26. The summed E-state index contributed by atoms with van der Waals surface area (Å²) in [5.74, 6) is -4.08. The molecule has 0 saturated carbocycles. The van der Waals surface area contributed by atoms with Crippen LogP contribution in [0.3, 0.4) is 0 Å². The van der Waals surface area contributed by atoms with E-state index >= 15 is 0 Å². The highest BCUT2D eigenvalue weighted by molar-refractivity contribution is 6.00. The lowest BCUT2D eigenvalue weighted by Gasteiger charge is -2.36. The molecule has 5 atom stereocenters. The molecule has 364 valence electrons. The minimum atomic E-state index is -1.57. The number of rotatable bonds is 21. The predicted molar refractivity (Wildman–Crippen MR) is 244 cm³/mol. The molecule has 0 aliphatic carbocycles. The van der Waals surface area contributed by atoms with Crippen LogP contribution in [-0.2, 0) is 44.9 Å². The number of aliphatic hydroxyl groups excluding tert-OH is 1. The van der Waals surface area contributed by atoms with Gasteiger partial charge in [0, 0.05) is 13.1 Å². The number of amides is 8. The quantitative estimate of drug-likeness (QED) is 0.0951. The molecule has 18 heteroatoms. The van der Waals surface area contributed by atoms with Gasteiger partial charge in [0.1, 0.15) is 47.4 Å². The van der Waals surface area contributed by atoms with Gasteiger partial charge in [-0.05, 0) is 103 Å². The Bertz CT molecular complexity index is 1850. The molecule has 0 spiro atoms. The zero-order valence-corrected chi connectivity index (χ0v) is 40.6. The van der Waals surface area contributed by atoms with Gasteiger partial charge in [0.05, 0.1) is 12.6 Å². The van der Waals surface area contributed by atoms with E-state index in [2.05, 4.69) is 31.9 Å². The third-order valence-electron chi connectivity index (χ3n) is 11.7. The SMILES string of the molecule is CC(C)C[C@@H](CO)NC(=O)[C@@H]1CCCN1C(=O)C(C)(C)NC(=O)[C@H](CC(C)C)NC(=O)C(C)(C)NC(=O)[C@@H]1CCCN1C(=O)C(C)(C)NC(=O)[C@@H](NC(=O)OCc1ccccc1)C(C)C. The molecule has 0 radical (unpaired) electrons. The van der Waals surface area contributed by atoms with Crippen LogP contribution in [0.1, 0.15) is 127 Å². The zero-order valence-electron chi connectivity index (χ0n) is 40.6. The fraction of sp³-hybridized carbons (Fsp3) is 0.702. The first-order chi connectivity index (χ1) is 30.2. The maximum absolute atomic E-state index is 14.0. The summed E-state index contributed by atoms with van der Waals surface area (Å²) in [7, 11) is 0. The number of hydrogen-bond donors (Lipinski definition) is 7. The molecule has 7 N–H and O–H groups in total. The molecule has 18 nitrogen and oxygen atoms in total. The summed E-state index contributed by atoms with van der Waals surface area (Å²) < 4.78 is 5.31. The van der Waals surface area contributed by atoms with Gasteiger partial charge in [-0.1, -0.05) is 71.9 Å². The van der Waals surface area contributed by atoms with Gasteiger partial charge in [-0.25, -0.2) is 4.79 Å². The minimum Gasteiger partial charge on any atom is -0.445 e. The molecule has 2 fully saturated rings. The number of alkyl carbamates (subject to hydrolysis) is 1. The number of aliphatic hydroxyl groups is 1. The van der Waals surface area contributed by atoms with Crippen molar-refractivity contribution in [1.29, 1.82) is 0 Å². The van der Waals surface area contributed by atoms with Gasteiger partial charge in [-0.2, -0.15) is 0 Å². The molecular weight excluding hydrogens is 837 g/mol. The number of hydrogen-bond acceptors (Lipinski definition) is 10. The molecular formula is C47H76N8O10. The topological polar surface area (TPSA) is 245 Å². The van der Waals surface area contributed by atoms with Crippen molar-refractivity contribution in [3.8, 4) is 0 Å². The number of ether oxygens (including phenoxy) is 1. The van der Waals surface area contributed by atoms with Crippen LogP contribution in [-0.4, -0.2) is 129 Å². The average molecular weight is 913 g/mol. The molecule has 1 aromatic carbocycles. The van der Waals surface area contributed by atoms with Crippen molar-refractivity contribution in [1.82, 2.24) is 41.7 Å². The molecule has 0 unspecified atom stereocenters. The fourth-order valence-electron chi connectivity index (χ4n) is 8.13. The molecule has 0 bridgehead atoms. The molecule has 2 saturated heterocycles. The summed E-state index contributed by atoms with van der Waals surface area (Å²) in [5.41, 5.74) is -3.76. The van der Waals surface area contributed by atoms with Crippen molar-refractivity contribution in [3.63, 3.8) is 0 Å². The third kappa shape index (κ3) is 15.4. The highest BCUT2D eigenvalue weighted by Gasteiger charge is 2.46. The van der Waals surface area contributed by atoms with Crippen LogP contribution in [0.25, 0.3) is 0 Å². The van der Waals surface area contributed by atoms with E-state index in [1.807, 2.05) is 45.9 Å². The van der Waals surface area contributed by atoms with E-state index < -0.39 is 88.4 Å². The number of carbonyl (C=O) groups is 8. The summed E-state index contributed by atoms with van der Waals surface area (Å²) >= 11 is 0. The van der Waals surface area contributed by atoms with Gasteiger partial charge < -0.3 is 51.5 Å². The summed E-state index contributed by atoms with van der Waals surface area (Å²) in [5, 5.41) is 26.3. The standard InChI is InChI=1S/C47H76N8O10/c1-28(2)24-32(26-56)48-38(58)34-20-16-22-54(34)42(62)46(9,10)51-37(57)33(25-29(3)4)49-41(61)45(7,8)52-39(59)35-21-17-23-55(35)43(63)47(11,12)53-40(60)36(30(5)6)50-44(64)65-27-31-18-14-13-15-19-31/h13-15,18-19,28-30,32-36,56H,16-17,20-27H2,1-12H3,(H,48,58)(H,49,61)(H,50,64)(H,51,57)(H,52,59)(H,53,60)/t32-,33-,34-,35-,36-/m0/s1. The lowest BCUT2D eigenvalue weighted by Crippen LogP contribution is -2.65. The average Bonchev–Trinajstić information content (AvgIpc) is 3.91. The molecule has 65 heavy (non-hydrogen) atoms. The van der Waals surface area contributed by atoms with Crippen LogP contribution < -0.4 is 31.9 Å². The summed E-state index contributed by atoms with van der Waals surface area (Å²) in [6, 6.07) is 4.73. The fourth-order valence-corrected chi connectivity index (χ4v) is 8.13. The van der Waals surface area contributed by atoms with Gasteiger partial charge in [0.15, 0.2) is 0 Å². The van der Waals surface area contributed by atoms with Crippen molar-refractivity contribution in [2.45, 2.75) is 175 Å². The molecule has 0 aromatic heterocycles. The number of carbonyl (C=O) groups excluding carboxylic acids is 8. The Balaban J connectivity index is 1.65. The van der Waals surface area contributed by atoms with Crippen LogP contribution in [0.4, 0.5) is 4.79 Å². The van der Waals surface area contributed by atoms with Crippen LogP contribution >= 0.6 is 0 Å². The van der Waals surface area contributed by atoms with E-state index in [1.165, 1.54) is 37.5 Å². The van der Waals surface area contributed by atoms with Gasteiger partial charge in [-0.3, -0.25) is 33.6 Å². The van der Waals surface area contributed by atoms with Gasteiger partial charge in [0.2, 0.25) is 41.4 Å². The largest absolute Gasteiger partial charge is 0.445 e. The summed E-state index contributed by atoms with van der Waals surface area (Å²) in [6.07, 6.45) is 1.77. The number of benzene rings is 1. The van der Waals surface area contributed by atoms with Gasteiger partial charge in [-0.15, -0.1) is 0 Å². The Morgan fingerprint density at radius 2 is 1.17 bits per heavy atom. The minimum absolute atomic E-state index is 0.00428. The van der Waals surface area contributed by atoms with Crippen molar-refractivity contribution in [2.24, 2.45) is 17.8 Å². The maximum Gasteiger partial charge on any atom is 0.408 e. The molecule has 3 rings (SSSR count). The van der Waals surface area contributed by atoms with E-state index in [-0.39, 0.29) is 49.8 Å². The van der Waals surface area contributed by atoms with Crippen molar-refractivity contribution in [2.75, 3.05) is 19.7 Å². The maximum atomic E-state index is 14.0. The van der Waals surface area contributed by atoms with Gasteiger partial charge >= 0.3 is 6.09 Å². The van der Waals surface area contributed by atoms with E-state index in [1.54, 1.807) is 39.8 Å². The first-order valence-electron chi connectivity index (χ1n) is 23.0. The smallest absolute Gasteiger partial charge is 0.408 e. The Kier molecular flexibility index (Phi) is 19.4. The first kappa shape index (κ1) is 54.1. The summed E-state index contributed by atoms with van der Waals surface area (Å²) in [4.78, 5) is 112. The molecule has 2 aliphatic rings. The second kappa shape index (κ2) is 23.3. The number of likely N-dealkylation sites (tertiary alicyclic amines) is 2. The Labute approximate surface area is 384 Å². The molecule has 1 aromatic rings. The van der Waals surface area contributed by atoms with E-state index in [0.29, 0.717) is 38.6 Å². The zero-order chi connectivity index (χ0) is 49.0. The van der Waals surface area contributed by atoms with Crippen LogP contribution in [0.15, 0.2) is 30.3 Å². The monoisotopic (exact) mass is 913 g/mol. The predicted octanol–water partition coefficient (Wildman–Crippen LogP) is 2.66. The summed E-state index contributed by atoms with van der Waals surface area (Å²) in [6.45, 7) is 20.6. The molecule has 2 heterocycles. The van der Waals surface area contributed by atoms with Gasteiger partial charge in [0.25, 0.3) is 0 Å². The van der Waals surface area contributed by atoms with E-state index in [0.717, 1.165) is 5.56 Å². The lowest BCUT2D eigenvalue weighted by atomic mass is 9.96. The van der Waals surface area contributed by atoms with Crippen LogP contribution in [0, 0.1) is 17.8 Å². The molecule has 8 amide bonds. The third-order valence-corrected chi connectivity index (χ3v) is 11.7. The van der Waals surface area contributed by atoms with E-state index in [4.69, 9.17) is 4.74 Å². The molecule has 2 aliphatic heterocycles. The second-order valence-electron chi connectivity index (χ2n) is 20.3. The van der Waals surface area contributed by atoms with E-state index in [9.17, 15) is 43.5 Å². The lowest BCUT2D eigenvalue weighted by molar-refractivity contribution is -0.146. The van der Waals surface area contributed by atoms with Crippen molar-refractivity contribution in [3.05, 3.63) is 35.9 Å². The number of nitrogens with zero attached hydrogens (tertiary/aromatic N) is 2. The Morgan fingerprint density at radius 3 is 1.66 bits per heavy atom. The first-order valence-corrected chi connectivity index (χ1v) is 23.0. The second-order valence-corrected chi connectivity index (χ2v) is 20.3. The van der Waals surface area contributed by atoms with Crippen molar-refractivity contribution < 1.29 is 48.2 Å². The van der Waals surface area contributed by atoms with Crippen molar-refractivity contribution >= 4 is 47.4 Å². The highest BCUT2D eigenvalue weighted by atomic mass is 16.5. The highest BCUT2D eigenvalue weighted by Crippen LogP contribution is 2.25. The number of nitrogens with one attached hydrogen (secondary N) is 6. The van der Waals surface area contributed by atoms with Crippen LogP contribution in [0.2, 0.25) is 0 Å². The Morgan fingerprint density at radius 1 is 0.662 bits per heavy atom. The van der Waals surface area contributed by atoms with Crippen LogP contribution in [0.5, 0.6) is 0 Å².